The Bertz CT molecular complexity index is 842. The van der Waals surface area contributed by atoms with Crippen molar-refractivity contribution in [3.05, 3.63) is 58.7 Å². The van der Waals surface area contributed by atoms with Crippen molar-refractivity contribution in [2.75, 3.05) is 50.8 Å². The predicted molar refractivity (Wildman–Crippen MR) is 118 cm³/mol. The molecule has 5 heteroatoms. The van der Waals surface area contributed by atoms with Crippen molar-refractivity contribution in [3.63, 3.8) is 0 Å². The molecule has 29 heavy (non-hydrogen) atoms. The summed E-state index contributed by atoms with van der Waals surface area (Å²) in [6, 6.07) is 12.6. The molecule has 0 saturated carbocycles. The molecule has 0 unspecified atom stereocenters. The molecule has 0 radical (unpaired) electrons. The molecule has 1 aliphatic rings. The summed E-state index contributed by atoms with van der Waals surface area (Å²) in [4.78, 5) is 16.1. The molecule has 2 N–H and O–H groups in total. The van der Waals surface area contributed by atoms with Crippen molar-refractivity contribution in [1.82, 2.24) is 5.32 Å². The molecule has 1 aliphatic heterocycles. The highest BCUT2D eigenvalue weighted by molar-refractivity contribution is 5.76. The number of piperazine rings is 1. The first-order valence-corrected chi connectivity index (χ1v) is 10.6. The number of aryl methyl sites for hydroxylation is 3. The normalized spacial score (nSPS) is 14.7. The van der Waals surface area contributed by atoms with E-state index >= 15 is 0 Å². The average Bonchev–Trinajstić information content (AvgIpc) is 2.69. The molecule has 0 bridgehead atoms. The molecule has 0 spiro atoms. The maximum atomic E-state index is 12.3. The highest BCUT2D eigenvalue weighted by Crippen LogP contribution is 2.22. The van der Waals surface area contributed by atoms with E-state index in [9.17, 15) is 4.79 Å². The van der Waals surface area contributed by atoms with Gasteiger partial charge in [0.2, 0.25) is 0 Å². The van der Waals surface area contributed by atoms with Crippen molar-refractivity contribution < 1.29 is 14.4 Å². The molecule has 2 aromatic rings. The number of carbonyl (C=O) groups is 1. The zero-order valence-corrected chi connectivity index (χ0v) is 18.2. The van der Waals surface area contributed by atoms with Crippen LogP contribution in [0.15, 0.2) is 36.4 Å². The Morgan fingerprint density at radius 2 is 1.83 bits per heavy atom. The van der Waals surface area contributed by atoms with Gasteiger partial charge in [-0.2, -0.15) is 0 Å². The first kappa shape index (κ1) is 21.2. The first-order valence-electron chi connectivity index (χ1n) is 10.6. The monoisotopic (exact) mass is 396 g/mol. The number of nitrogens with zero attached hydrogens (tertiary/aromatic N) is 1. The van der Waals surface area contributed by atoms with Crippen LogP contribution in [0.25, 0.3) is 0 Å². The molecule has 1 saturated heterocycles. The third kappa shape index (κ3) is 5.73. The number of hydrogen-bond donors (Lipinski definition) is 2. The van der Waals surface area contributed by atoms with E-state index in [2.05, 4.69) is 55.3 Å². The van der Waals surface area contributed by atoms with E-state index < -0.39 is 0 Å². The smallest absolute Gasteiger partial charge is 0.275 e. The van der Waals surface area contributed by atoms with Gasteiger partial charge in [-0.3, -0.25) is 4.79 Å². The number of hydrogen-bond acceptors (Lipinski definition) is 3. The fourth-order valence-corrected chi connectivity index (χ4v) is 3.92. The summed E-state index contributed by atoms with van der Waals surface area (Å²) < 4.78 is 5.79. The van der Waals surface area contributed by atoms with Crippen molar-refractivity contribution in [2.45, 2.75) is 27.7 Å². The third-order valence-corrected chi connectivity index (χ3v) is 5.81. The number of carbonyl (C=O) groups excluding carboxylic acids is 1. The van der Waals surface area contributed by atoms with Gasteiger partial charge < -0.3 is 19.9 Å². The second kappa shape index (κ2) is 9.79. The van der Waals surface area contributed by atoms with Crippen LogP contribution >= 0.6 is 0 Å². The zero-order valence-electron chi connectivity index (χ0n) is 18.2. The Kier molecular flexibility index (Phi) is 7.15. The molecule has 3 rings (SSSR count). The van der Waals surface area contributed by atoms with E-state index in [1.807, 2.05) is 19.1 Å². The van der Waals surface area contributed by atoms with Crippen LogP contribution < -0.4 is 19.9 Å². The second-order valence-electron chi connectivity index (χ2n) is 8.10. The van der Waals surface area contributed by atoms with Crippen LogP contribution in [0.4, 0.5) is 5.69 Å². The van der Waals surface area contributed by atoms with Crippen LogP contribution in [0.5, 0.6) is 5.75 Å². The number of rotatable bonds is 7. The fourth-order valence-electron chi connectivity index (χ4n) is 3.92. The lowest BCUT2D eigenvalue weighted by atomic mass is 10.1. The first-order chi connectivity index (χ1) is 13.9. The lowest BCUT2D eigenvalue weighted by Gasteiger charge is -2.34. The second-order valence-corrected chi connectivity index (χ2v) is 8.10. The fraction of sp³-hybridized carbons (Fsp3) is 0.458. The van der Waals surface area contributed by atoms with E-state index in [0.717, 1.165) is 37.5 Å². The van der Waals surface area contributed by atoms with E-state index in [1.54, 1.807) is 0 Å². The Balaban J connectivity index is 1.37. The Morgan fingerprint density at radius 3 is 2.55 bits per heavy atom. The molecule has 156 valence electrons. The molecule has 1 heterocycles. The maximum Gasteiger partial charge on any atom is 0.275 e. The van der Waals surface area contributed by atoms with Gasteiger partial charge in [0.1, 0.15) is 12.4 Å². The van der Waals surface area contributed by atoms with Crippen LogP contribution in [0.2, 0.25) is 0 Å². The number of ether oxygens (including phenoxy) is 1. The van der Waals surface area contributed by atoms with Crippen molar-refractivity contribution in [2.24, 2.45) is 0 Å². The summed E-state index contributed by atoms with van der Waals surface area (Å²) >= 11 is 0. The molecule has 1 amide bonds. The van der Waals surface area contributed by atoms with Gasteiger partial charge >= 0.3 is 0 Å². The van der Waals surface area contributed by atoms with Gasteiger partial charge in [-0.25, -0.2) is 0 Å². The summed E-state index contributed by atoms with van der Waals surface area (Å²) in [5.74, 6) is 0.988. The minimum atomic E-state index is 0.101. The quantitative estimate of drug-likeness (QED) is 0.702. The minimum absolute atomic E-state index is 0.101. The van der Waals surface area contributed by atoms with Gasteiger partial charge in [-0.05, 0) is 56.5 Å². The van der Waals surface area contributed by atoms with Crippen molar-refractivity contribution >= 4 is 11.6 Å². The van der Waals surface area contributed by atoms with Gasteiger partial charge in [0, 0.05) is 5.69 Å². The summed E-state index contributed by atoms with van der Waals surface area (Å²) in [6.07, 6.45) is 0. The highest BCUT2D eigenvalue weighted by Gasteiger charge is 2.23. The minimum Gasteiger partial charge on any atom is -0.491 e. The SMILES string of the molecule is Cc1ccc(OCCNC(=O)C[NH+]2CCN(c3cccc(C)c3C)CC2)c(C)c1. The van der Waals surface area contributed by atoms with Crippen LogP contribution in [0.3, 0.4) is 0 Å². The molecular weight excluding hydrogens is 362 g/mol. The van der Waals surface area contributed by atoms with Crippen molar-refractivity contribution in [1.29, 1.82) is 0 Å². The van der Waals surface area contributed by atoms with E-state index in [1.165, 1.54) is 27.3 Å². The van der Waals surface area contributed by atoms with E-state index in [-0.39, 0.29) is 5.91 Å². The third-order valence-electron chi connectivity index (χ3n) is 5.81. The van der Waals surface area contributed by atoms with Gasteiger partial charge in [-0.1, -0.05) is 29.8 Å². The molecule has 5 nitrogen and oxygen atoms in total. The molecular formula is C24H34N3O2+. The number of anilines is 1. The number of amides is 1. The number of nitrogens with one attached hydrogen (secondary N) is 2. The number of benzene rings is 2. The maximum absolute atomic E-state index is 12.3. The topological polar surface area (TPSA) is 46.0 Å². The van der Waals surface area contributed by atoms with E-state index in [0.29, 0.717) is 19.7 Å². The van der Waals surface area contributed by atoms with Crippen LogP contribution in [-0.2, 0) is 4.79 Å². The Hall–Kier alpha value is -2.53. The van der Waals surface area contributed by atoms with Crippen LogP contribution in [0, 0.1) is 27.7 Å². The van der Waals surface area contributed by atoms with Crippen LogP contribution in [-0.4, -0.2) is 51.8 Å². The summed E-state index contributed by atoms with van der Waals surface area (Å²) in [7, 11) is 0. The highest BCUT2D eigenvalue weighted by atomic mass is 16.5. The molecule has 0 atom stereocenters. The van der Waals surface area contributed by atoms with Gasteiger partial charge in [0.15, 0.2) is 6.54 Å². The van der Waals surface area contributed by atoms with Crippen LogP contribution in [0.1, 0.15) is 22.3 Å². The predicted octanol–water partition coefficient (Wildman–Crippen LogP) is 1.82. The van der Waals surface area contributed by atoms with Crippen molar-refractivity contribution in [3.8, 4) is 5.75 Å². The molecule has 2 aromatic carbocycles. The lowest BCUT2D eigenvalue weighted by Crippen LogP contribution is -3.16. The standard InChI is InChI=1S/C24H33N3O2/c1-18-8-9-23(20(3)16-18)29-15-10-25-24(28)17-26-11-13-27(14-12-26)22-7-5-6-19(2)21(22)4/h5-9,16H,10-15,17H2,1-4H3,(H,25,28)/p+1. The summed E-state index contributed by atoms with van der Waals surface area (Å²) in [5.41, 5.74) is 6.38. The lowest BCUT2D eigenvalue weighted by molar-refractivity contribution is -0.892. The molecule has 0 aliphatic carbocycles. The van der Waals surface area contributed by atoms with Gasteiger partial charge in [0.25, 0.3) is 5.91 Å². The molecule has 1 fully saturated rings. The largest absolute Gasteiger partial charge is 0.491 e. The average molecular weight is 397 g/mol. The Morgan fingerprint density at radius 1 is 1.07 bits per heavy atom. The number of quaternary nitrogens is 1. The van der Waals surface area contributed by atoms with Gasteiger partial charge in [0.05, 0.1) is 32.7 Å². The molecule has 0 aromatic heterocycles. The Labute approximate surface area is 174 Å². The summed E-state index contributed by atoms with van der Waals surface area (Å²) in [5, 5.41) is 2.99. The van der Waals surface area contributed by atoms with E-state index in [4.69, 9.17) is 4.74 Å². The van der Waals surface area contributed by atoms with Gasteiger partial charge in [-0.15, -0.1) is 0 Å². The zero-order chi connectivity index (χ0) is 20.8. The summed E-state index contributed by atoms with van der Waals surface area (Å²) in [6.45, 7) is 14.0.